The molecule has 3 rings (SSSR count). The molecule has 0 amide bonds. The molecule has 0 aliphatic heterocycles. The lowest BCUT2D eigenvalue weighted by molar-refractivity contribution is -0.140. The fraction of sp³-hybridized carbons (Fsp3) is 0.263. The molecule has 1 heterocycles. The molecule has 0 N–H and O–H groups in total. The minimum Gasteiger partial charge on any atom is -0.464 e. The number of anilines is 1. The normalized spacial score (nSPS) is 11.3. The van der Waals surface area contributed by atoms with Gasteiger partial charge in [0.25, 0.3) is 0 Å². The van der Waals surface area contributed by atoms with Crippen molar-refractivity contribution in [2.24, 2.45) is 10.2 Å². The molecule has 0 atom stereocenters. The number of fused-ring (bicyclic) bond motifs is 1. The Labute approximate surface area is 176 Å². The number of hydrogen-bond donors (Lipinski definition) is 0. The van der Waals surface area contributed by atoms with Crippen molar-refractivity contribution in [3.05, 3.63) is 45.9 Å². The minimum atomic E-state index is -0.279. The highest BCUT2D eigenvalue weighted by Crippen LogP contribution is 2.38. The minimum absolute atomic E-state index is 0.279. The molecule has 0 radical (unpaired) electrons. The standard InChI is InChI=1S/C19H18Cl2N4O2S/c1-11-10-13(25(3)8-9-27-12(2)26)4-6-15(11)23-24-19-22-16-7-5-14(20)17(21)18(16)28-19/h4-7,10H,8-9H2,1-3H3. The van der Waals surface area contributed by atoms with Gasteiger partial charge in [0.15, 0.2) is 0 Å². The third kappa shape index (κ3) is 4.79. The Morgan fingerprint density at radius 2 is 2.04 bits per heavy atom. The number of aromatic nitrogens is 1. The SMILES string of the molecule is CC(=O)OCCN(C)c1ccc(N=Nc2nc3ccc(Cl)c(Cl)c3s2)c(C)c1. The number of carbonyl (C=O) groups excluding carboxylic acids is 1. The molecule has 0 saturated carbocycles. The van der Waals surface area contributed by atoms with E-state index in [1.165, 1.54) is 18.3 Å². The average molecular weight is 437 g/mol. The highest BCUT2D eigenvalue weighted by atomic mass is 35.5. The monoisotopic (exact) mass is 436 g/mol. The number of thiazole rings is 1. The van der Waals surface area contributed by atoms with Gasteiger partial charge >= 0.3 is 5.97 Å². The van der Waals surface area contributed by atoms with E-state index in [0.29, 0.717) is 28.3 Å². The van der Waals surface area contributed by atoms with Crippen molar-refractivity contribution in [2.45, 2.75) is 13.8 Å². The van der Waals surface area contributed by atoms with Crippen LogP contribution >= 0.6 is 34.5 Å². The molecular formula is C19H18Cl2N4O2S. The van der Waals surface area contributed by atoms with Crippen LogP contribution in [0.2, 0.25) is 10.0 Å². The number of nitrogens with zero attached hydrogens (tertiary/aromatic N) is 4. The molecule has 0 bridgehead atoms. The van der Waals surface area contributed by atoms with Gasteiger partial charge < -0.3 is 9.64 Å². The van der Waals surface area contributed by atoms with Crippen LogP contribution in [0.15, 0.2) is 40.6 Å². The first-order chi connectivity index (χ1) is 13.3. The smallest absolute Gasteiger partial charge is 0.302 e. The van der Waals surface area contributed by atoms with E-state index in [-0.39, 0.29) is 5.97 Å². The highest BCUT2D eigenvalue weighted by Gasteiger charge is 2.10. The van der Waals surface area contributed by atoms with Crippen molar-refractivity contribution >= 4 is 67.2 Å². The molecular weight excluding hydrogens is 419 g/mol. The van der Waals surface area contributed by atoms with Crippen LogP contribution in [-0.2, 0) is 9.53 Å². The van der Waals surface area contributed by atoms with Crippen molar-refractivity contribution in [1.82, 2.24) is 4.98 Å². The van der Waals surface area contributed by atoms with Gasteiger partial charge in [-0.1, -0.05) is 34.5 Å². The quantitative estimate of drug-likeness (QED) is 0.334. The molecule has 2 aromatic carbocycles. The number of esters is 1. The summed E-state index contributed by atoms with van der Waals surface area (Å²) in [4.78, 5) is 17.3. The number of aryl methyl sites for hydroxylation is 1. The number of hydrogen-bond acceptors (Lipinski definition) is 7. The summed E-state index contributed by atoms with van der Waals surface area (Å²) in [6.07, 6.45) is 0. The molecule has 28 heavy (non-hydrogen) atoms. The summed E-state index contributed by atoms with van der Waals surface area (Å²) in [5.41, 5.74) is 3.48. The van der Waals surface area contributed by atoms with E-state index in [9.17, 15) is 4.79 Å². The zero-order valence-electron chi connectivity index (χ0n) is 15.6. The molecule has 0 fully saturated rings. The molecule has 0 unspecified atom stereocenters. The summed E-state index contributed by atoms with van der Waals surface area (Å²) in [7, 11) is 1.94. The van der Waals surface area contributed by atoms with Crippen molar-refractivity contribution in [1.29, 1.82) is 0 Å². The Kier molecular flexibility index (Phi) is 6.49. The Morgan fingerprint density at radius 3 is 2.75 bits per heavy atom. The van der Waals surface area contributed by atoms with Gasteiger partial charge in [-0.25, -0.2) is 4.98 Å². The Balaban J connectivity index is 1.74. The van der Waals surface area contributed by atoms with Crippen LogP contribution in [-0.4, -0.2) is 31.2 Å². The summed E-state index contributed by atoms with van der Waals surface area (Å²) in [6.45, 7) is 4.32. The van der Waals surface area contributed by atoms with Gasteiger partial charge in [-0.2, -0.15) is 0 Å². The van der Waals surface area contributed by atoms with E-state index in [2.05, 4.69) is 15.2 Å². The van der Waals surface area contributed by atoms with Gasteiger partial charge in [-0.15, -0.1) is 10.2 Å². The summed E-state index contributed by atoms with van der Waals surface area (Å²) in [5.74, 6) is -0.279. The lowest BCUT2D eigenvalue weighted by Gasteiger charge is -2.19. The largest absolute Gasteiger partial charge is 0.464 e. The van der Waals surface area contributed by atoms with Crippen molar-refractivity contribution < 1.29 is 9.53 Å². The molecule has 0 aliphatic carbocycles. The molecule has 1 aromatic heterocycles. The molecule has 0 saturated heterocycles. The van der Waals surface area contributed by atoms with Crippen LogP contribution in [0.5, 0.6) is 0 Å². The molecule has 0 spiro atoms. The molecule has 6 nitrogen and oxygen atoms in total. The predicted octanol–water partition coefficient (Wildman–Crippen LogP) is 6.33. The second-order valence-electron chi connectivity index (χ2n) is 6.14. The number of benzene rings is 2. The third-order valence-corrected chi connectivity index (χ3v) is 5.92. The molecule has 9 heteroatoms. The first-order valence-corrected chi connectivity index (χ1v) is 10.0. The molecule has 0 aliphatic rings. The molecule has 3 aromatic rings. The number of carbonyl (C=O) groups is 1. The Bertz CT molecular complexity index is 1050. The predicted molar refractivity (Wildman–Crippen MR) is 115 cm³/mol. The van der Waals surface area contributed by atoms with E-state index in [1.807, 2.05) is 43.1 Å². The fourth-order valence-electron chi connectivity index (χ4n) is 2.51. The van der Waals surface area contributed by atoms with Crippen molar-refractivity contribution in [3.8, 4) is 0 Å². The van der Waals surface area contributed by atoms with Gasteiger partial charge in [0, 0.05) is 19.7 Å². The number of ether oxygens (including phenoxy) is 1. The van der Waals surface area contributed by atoms with Gasteiger partial charge in [-0.05, 0) is 42.8 Å². The van der Waals surface area contributed by atoms with Crippen molar-refractivity contribution in [2.75, 3.05) is 25.1 Å². The average Bonchev–Trinajstić information content (AvgIpc) is 3.07. The highest BCUT2D eigenvalue weighted by molar-refractivity contribution is 7.22. The van der Waals surface area contributed by atoms with E-state index >= 15 is 0 Å². The van der Waals surface area contributed by atoms with Crippen LogP contribution < -0.4 is 4.90 Å². The van der Waals surface area contributed by atoms with Crippen LogP contribution in [0.25, 0.3) is 10.2 Å². The lowest BCUT2D eigenvalue weighted by Crippen LogP contribution is -2.23. The van der Waals surface area contributed by atoms with Crippen LogP contribution in [0.4, 0.5) is 16.5 Å². The number of likely N-dealkylation sites (N-methyl/N-ethyl adjacent to an activating group) is 1. The summed E-state index contributed by atoms with van der Waals surface area (Å²) >= 11 is 13.6. The van der Waals surface area contributed by atoms with Crippen LogP contribution in [0.1, 0.15) is 12.5 Å². The van der Waals surface area contributed by atoms with Crippen LogP contribution in [0.3, 0.4) is 0 Å². The molecule has 146 valence electrons. The summed E-state index contributed by atoms with van der Waals surface area (Å²) in [5, 5.41) is 10.1. The number of halogens is 2. The van der Waals surface area contributed by atoms with Gasteiger partial charge in [0.2, 0.25) is 5.13 Å². The zero-order valence-corrected chi connectivity index (χ0v) is 17.9. The second kappa shape index (κ2) is 8.86. The maximum Gasteiger partial charge on any atom is 0.302 e. The van der Waals surface area contributed by atoms with Crippen LogP contribution in [0, 0.1) is 6.92 Å². The fourth-order valence-corrected chi connectivity index (χ4v) is 3.82. The Morgan fingerprint density at radius 1 is 1.25 bits per heavy atom. The van der Waals surface area contributed by atoms with Gasteiger partial charge in [-0.3, -0.25) is 4.79 Å². The van der Waals surface area contributed by atoms with E-state index in [1.54, 1.807) is 6.07 Å². The third-order valence-electron chi connectivity index (χ3n) is 4.04. The summed E-state index contributed by atoms with van der Waals surface area (Å²) in [6, 6.07) is 9.38. The van der Waals surface area contributed by atoms with Crippen molar-refractivity contribution in [3.63, 3.8) is 0 Å². The first-order valence-electron chi connectivity index (χ1n) is 8.46. The topological polar surface area (TPSA) is 67.2 Å². The maximum absolute atomic E-state index is 10.9. The lowest BCUT2D eigenvalue weighted by atomic mass is 10.1. The summed E-state index contributed by atoms with van der Waals surface area (Å²) < 4.78 is 5.77. The van der Waals surface area contributed by atoms with E-state index in [0.717, 1.165) is 27.2 Å². The van der Waals surface area contributed by atoms with E-state index in [4.69, 9.17) is 27.9 Å². The Hall–Kier alpha value is -2.22. The van der Waals surface area contributed by atoms with Gasteiger partial charge in [0.05, 0.1) is 32.5 Å². The number of rotatable bonds is 6. The maximum atomic E-state index is 10.9. The number of azo groups is 1. The van der Waals surface area contributed by atoms with E-state index < -0.39 is 0 Å². The zero-order chi connectivity index (χ0) is 20.3. The van der Waals surface area contributed by atoms with Gasteiger partial charge in [0.1, 0.15) is 6.61 Å². The first kappa shape index (κ1) is 20.5. The second-order valence-corrected chi connectivity index (χ2v) is 7.90.